The molecule has 1 aliphatic heterocycles. The molecular weight excluding hydrogens is 147 g/mol. The molecule has 1 fully saturated rings. The van der Waals surface area contributed by atoms with E-state index < -0.39 is 0 Å². The molecule has 0 aromatic rings. The van der Waals surface area contributed by atoms with E-state index in [4.69, 9.17) is 9.26 Å². The molecule has 4 atom stereocenters. The summed E-state index contributed by atoms with van der Waals surface area (Å²) in [5, 5.41) is 0. The summed E-state index contributed by atoms with van der Waals surface area (Å²) in [6.07, 6.45) is 1.03. The van der Waals surface area contributed by atoms with E-state index in [0.717, 1.165) is 18.9 Å². The van der Waals surface area contributed by atoms with Crippen molar-refractivity contribution < 1.29 is 9.26 Å². The smallest absolute Gasteiger partial charge is 0.160 e. The highest BCUT2D eigenvalue weighted by atomic mass is 31.0. The van der Waals surface area contributed by atoms with Gasteiger partial charge in [0.2, 0.25) is 0 Å². The molecule has 3 heteroatoms. The molecule has 0 saturated carbocycles. The highest BCUT2D eigenvalue weighted by Gasteiger charge is 2.24. The molecule has 2 unspecified atom stereocenters. The van der Waals surface area contributed by atoms with Crippen LogP contribution in [-0.2, 0) is 9.26 Å². The molecule has 60 valence electrons. The lowest BCUT2D eigenvalue weighted by molar-refractivity contribution is -0.130. The van der Waals surface area contributed by atoms with Gasteiger partial charge in [-0.15, -0.1) is 0 Å². The van der Waals surface area contributed by atoms with Crippen LogP contribution in [0.5, 0.6) is 0 Å². The van der Waals surface area contributed by atoms with Gasteiger partial charge in [-0.05, 0) is 11.8 Å². The molecule has 0 aromatic carbocycles. The van der Waals surface area contributed by atoms with E-state index in [0.29, 0.717) is 5.92 Å². The monoisotopic (exact) mass is 162 g/mol. The Bertz CT molecular complexity index is 108. The topological polar surface area (TPSA) is 18.5 Å². The molecule has 10 heavy (non-hydrogen) atoms. The largest absolute Gasteiger partial charge is 0.352 e. The number of ether oxygens (including phenoxy) is 1. The average Bonchev–Trinajstić information content (AvgIpc) is 1.95. The van der Waals surface area contributed by atoms with Crippen molar-refractivity contribution in [3.8, 4) is 0 Å². The van der Waals surface area contributed by atoms with E-state index in [1.54, 1.807) is 0 Å². The van der Waals surface area contributed by atoms with Gasteiger partial charge in [0.1, 0.15) is 0 Å². The lowest BCUT2D eigenvalue weighted by Crippen LogP contribution is -2.30. The molecule has 0 spiro atoms. The first-order valence-corrected chi connectivity index (χ1v) is 4.18. The molecule has 0 amide bonds. The quantitative estimate of drug-likeness (QED) is 0.547. The molecule has 1 aliphatic rings. The van der Waals surface area contributed by atoms with E-state index in [-0.39, 0.29) is 6.29 Å². The van der Waals surface area contributed by atoms with Gasteiger partial charge in [-0.3, -0.25) is 0 Å². The zero-order valence-electron chi connectivity index (χ0n) is 6.54. The minimum Gasteiger partial charge on any atom is -0.352 e. The molecule has 1 heterocycles. The summed E-state index contributed by atoms with van der Waals surface area (Å²) in [5.41, 5.74) is 0. The van der Waals surface area contributed by atoms with E-state index in [1.807, 2.05) is 0 Å². The van der Waals surface area contributed by atoms with Gasteiger partial charge < -0.3 is 9.26 Å². The summed E-state index contributed by atoms with van der Waals surface area (Å²) in [6.45, 7) is 5.29. The van der Waals surface area contributed by atoms with Crippen molar-refractivity contribution in [3.63, 3.8) is 0 Å². The van der Waals surface area contributed by atoms with E-state index in [1.165, 1.54) is 0 Å². The van der Waals surface area contributed by atoms with Crippen LogP contribution >= 0.6 is 9.47 Å². The zero-order valence-corrected chi connectivity index (χ0v) is 7.69. The fourth-order valence-corrected chi connectivity index (χ4v) is 1.31. The summed E-state index contributed by atoms with van der Waals surface area (Å²) in [5.74, 6) is 1.40. The first kappa shape index (κ1) is 8.45. The first-order chi connectivity index (χ1) is 4.74. The Balaban J connectivity index is 2.33. The van der Waals surface area contributed by atoms with Gasteiger partial charge in [-0.1, -0.05) is 13.8 Å². The summed E-state index contributed by atoms with van der Waals surface area (Å²) in [6, 6.07) is 0. The van der Waals surface area contributed by atoms with Crippen molar-refractivity contribution in [1.29, 1.82) is 0 Å². The number of hydrogen-bond acceptors (Lipinski definition) is 2. The van der Waals surface area contributed by atoms with Gasteiger partial charge in [-0.2, -0.15) is 0 Å². The van der Waals surface area contributed by atoms with Crippen molar-refractivity contribution in [2.45, 2.75) is 26.6 Å². The highest BCUT2D eigenvalue weighted by molar-refractivity contribution is 7.09. The molecule has 0 radical (unpaired) electrons. The van der Waals surface area contributed by atoms with Crippen molar-refractivity contribution in [2.75, 3.05) is 6.61 Å². The van der Waals surface area contributed by atoms with Crippen LogP contribution in [0.1, 0.15) is 20.3 Å². The van der Waals surface area contributed by atoms with Crippen LogP contribution in [-0.4, -0.2) is 12.9 Å². The maximum absolute atomic E-state index is 5.37. The third kappa shape index (κ3) is 1.91. The maximum Gasteiger partial charge on any atom is 0.160 e. The van der Waals surface area contributed by atoms with Gasteiger partial charge in [0.15, 0.2) is 6.29 Å². The SMILES string of the molecule is C[C@@H]1CC(OP)OC[C@@H]1C. The van der Waals surface area contributed by atoms with E-state index in [9.17, 15) is 0 Å². The van der Waals surface area contributed by atoms with Crippen molar-refractivity contribution in [2.24, 2.45) is 11.8 Å². The minimum atomic E-state index is 0.0104. The Kier molecular flexibility index (Phi) is 3.09. The molecule has 1 saturated heterocycles. The van der Waals surface area contributed by atoms with Crippen LogP contribution in [0.3, 0.4) is 0 Å². The molecule has 0 aromatic heterocycles. The Hall–Kier alpha value is 0.350. The highest BCUT2D eigenvalue weighted by Crippen LogP contribution is 2.26. The summed E-state index contributed by atoms with van der Waals surface area (Å²) in [7, 11) is 2.25. The van der Waals surface area contributed by atoms with Crippen molar-refractivity contribution in [1.82, 2.24) is 0 Å². The third-order valence-corrected chi connectivity index (χ3v) is 2.54. The van der Waals surface area contributed by atoms with Crippen LogP contribution in [0.15, 0.2) is 0 Å². The number of hydrogen-bond donors (Lipinski definition) is 0. The summed E-state index contributed by atoms with van der Waals surface area (Å²) in [4.78, 5) is 0. The summed E-state index contributed by atoms with van der Waals surface area (Å²) >= 11 is 0. The zero-order chi connectivity index (χ0) is 7.56. The standard InChI is InChI=1S/C7H15O2P/c1-5-3-7(9-10)8-4-6(5)2/h5-7H,3-4,10H2,1-2H3/t5-,6+,7?/m1/s1. The molecule has 0 aliphatic carbocycles. The van der Waals surface area contributed by atoms with Crippen LogP contribution in [0.2, 0.25) is 0 Å². The second kappa shape index (κ2) is 3.66. The Labute approximate surface area is 64.6 Å². The lowest BCUT2D eigenvalue weighted by Gasteiger charge is -2.30. The minimum absolute atomic E-state index is 0.0104. The molecule has 0 bridgehead atoms. The van der Waals surface area contributed by atoms with Gasteiger partial charge in [0.25, 0.3) is 0 Å². The van der Waals surface area contributed by atoms with Gasteiger partial charge in [-0.25, -0.2) is 0 Å². The van der Waals surface area contributed by atoms with Crippen LogP contribution in [0.4, 0.5) is 0 Å². The molecular formula is C7H15O2P. The molecule has 2 nitrogen and oxygen atoms in total. The predicted octanol–water partition coefficient (Wildman–Crippen LogP) is 1.81. The second-order valence-electron chi connectivity index (χ2n) is 3.09. The van der Waals surface area contributed by atoms with E-state index in [2.05, 4.69) is 23.3 Å². The van der Waals surface area contributed by atoms with Crippen molar-refractivity contribution in [3.05, 3.63) is 0 Å². The molecule has 1 rings (SSSR count). The number of rotatable bonds is 1. The fraction of sp³-hybridized carbons (Fsp3) is 1.00. The predicted molar refractivity (Wildman–Crippen MR) is 43.5 cm³/mol. The second-order valence-corrected chi connectivity index (χ2v) is 3.36. The third-order valence-electron chi connectivity index (χ3n) is 2.23. The Morgan fingerprint density at radius 2 is 2.10 bits per heavy atom. The van der Waals surface area contributed by atoms with Gasteiger partial charge in [0, 0.05) is 15.9 Å². The average molecular weight is 162 g/mol. The van der Waals surface area contributed by atoms with Gasteiger partial charge >= 0.3 is 0 Å². The van der Waals surface area contributed by atoms with Gasteiger partial charge in [0.05, 0.1) is 6.61 Å². The van der Waals surface area contributed by atoms with Crippen molar-refractivity contribution >= 4 is 9.47 Å². The van der Waals surface area contributed by atoms with Crippen LogP contribution in [0, 0.1) is 11.8 Å². The Morgan fingerprint density at radius 3 is 2.60 bits per heavy atom. The Morgan fingerprint density at radius 1 is 1.40 bits per heavy atom. The van der Waals surface area contributed by atoms with Crippen LogP contribution < -0.4 is 0 Å². The first-order valence-electron chi connectivity index (χ1n) is 3.71. The maximum atomic E-state index is 5.37. The lowest BCUT2D eigenvalue weighted by atomic mass is 9.91. The normalized spacial score (nSPS) is 41.7. The molecule has 0 N–H and O–H groups in total. The van der Waals surface area contributed by atoms with E-state index >= 15 is 0 Å². The fourth-order valence-electron chi connectivity index (χ4n) is 1.12. The summed E-state index contributed by atoms with van der Waals surface area (Å²) < 4.78 is 10.4. The van der Waals surface area contributed by atoms with Crippen LogP contribution in [0.25, 0.3) is 0 Å².